The smallest absolute Gasteiger partial charge is 0.129 e. The van der Waals surface area contributed by atoms with Crippen molar-refractivity contribution in [3.05, 3.63) is 23.4 Å². The van der Waals surface area contributed by atoms with Gasteiger partial charge in [0.25, 0.3) is 0 Å². The average Bonchev–Trinajstić information content (AvgIpc) is 2.37. The van der Waals surface area contributed by atoms with Crippen LogP contribution in [0.15, 0.2) is 12.1 Å². The predicted molar refractivity (Wildman–Crippen MR) is 79.8 cm³/mol. The molecule has 0 aromatic carbocycles. The number of β-amino-alcohol motifs (C(OH)–C–C–N with tert-alkyl or cyclic N) is 1. The minimum absolute atomic E-state index is 0.0506. The van der Waals surface area contributed by atoms with Gasteiger partial charge in [-0.3, -0.25) is 4.90 Å². The van der Waals surface area contributed by atoms with Gasteiger partial charge in [-0.25, -0.2) is 4.98 Å². The fourth-order valence-electron chi connectivity index (χ4n) is 2.66. The first-order valence-electron chi connectivity index (χ1n) is 7.15. The first-order chi connectivity index (χ1) is 9.37. The Morgan fingerprint density at radius 2 is 1.85 bits per heavy atom. The van der Waals surface area contributed by atoms with Gasteiger partial charge in [0.2, 0.25) is 0 Å². The van der Waals surface area contributed by atoms with Crippen LogP contribution in [0.5, 0.6) is 0 Å². The van der Waals surface area contributed by atoms with Gasteiger partial charge in [-0.1, -0.05) is 0 Å². The van der Waals surface area contributed by atoms with E-state index in [4.69, 9.17) is 0 Å². The van der Waals surface area contributed by atoms with Crippen molar-refractivity contribution in [3.8, 4) is 0 Å². The van der Waals surface area contributed by atoms with Gasteiger partial charge in [0.15, 0.2) is 0 Å². The highest BCUT2D eigenvalue weighted by Gasteiger charge is 2.23. The molecule has 1 saturated heterocycles. The topological polar surface area (TPSA) is 59.8 Å². The quantitative estimate of drug-likeness (QED) is 0.853. The van der Waals surface area contributed by atoms with Crippen LogP contribution >= 0.6 is 0 Å². The fraction of sp³-hybridized carbons (Fsp3) is 0.667. The number of anilines is 1. The summed E-state index contributed by atoms with van der Waals surface area (Å²) in [5, 5.41) is 19.1. The Balaban J connectivity index is 1.98. The van der Waals surface area contributed by atoms with E-state index in [-0.39, 0.29) is 6.61 Å². The number of aryl methyl sites for hydroxylation is 1. The van der Waals surface area contributed by atoms with Gasteiger partial charge in [0.1, 0.15) is 5.82 Å². The lowest BCUT2D eigenvalue weighted by Crippen LogP contribution is -2.50. The second-order valence-electron chi connectivity index (χ2n) is 6.21. The third-order valence-corrected chi connectivity index (χ3v) is 3.49. The molecule has 0 amide bonds. The molecule has 0 saturated carbocycles. The zero-order chi connectivity index (χ0) is 14.8. The monoisotopic (exact) mass is 279 g/mol. The van der Waals surface area contributed by atoms with Gasteiger partial charge in [0.05, 0.1) is 12.2 Å². The summed E-state index contributed by atoms with van der Waals surface area (Å²) >= 11 is 0. The fourth-order valence-corrected chi connectivity index (χ4v) is 2.66. The molecule has 2 rings (SSSR count). The predicted octanol–water partition coefficient (Wildman–Crippen LogP) is 0.775. The number of rotatable bonds is 4. The Morgan fingerprint density at radius 1 is 1.20 bits per heavy atom. The summed E-state index contributed by atoms with van der Waals surface area (Å²) in [5.41, 5.74) is 1.20. The van der Waals surface area contributed by atoms with E-state index in [9.17, 15) is 10.2 Å². The summed E-state index contributed by atoms with van der Waals surface area (Å²) in [4.78, 5) is 9.07. The van der Waals surface area contributed by atoms with Crippen LogP contribution in [-0.2, 0) is 6.61 Å². The molecular formula is C15H25N3O2. The minimum atomic E-state index is -0.645. The Hall–Kier alpha value is -1.17. The first kappa shape index (κ1) is 15.2. The summed E-state index contributed by atoms with van der Waals surface area (Å²) < 4.78 is 0. The van der Waals surface area contributed by atoms with E-state index in [1.165, 1.54) is 0 Å². The van der Waals surface area contributed by atoms with Crippen molar-refractivity contribution in [2.24, 2.45) is 0 Å². The molecule has 112 valence electrons. The minimum Gasteiger partial charge on any atom is -0.392 e. The maximum atomic E-state index is 9.86. The number of hydrogen-bond donors (Lipinski definition) is 2. The van der Waals surface area contributed by atoms with E-state index < -0.39 is 5.60 Å². The van der Waals surface area contributed by atoms with Crippen LogP contribution in [0.25, 0.3) is 0 Å². The SMILES string of the molecule is Cc1cc(CO)cc(N2CCN(CC(C)(C)O)CC2)n1. The first-order valence-corrected chi connectivity index (χ1v) is 7.15. The van der Waals surface area contributed by atoms with E-state index in [0.29, 0.717) is 6.54 Å². The molecule has 0 unspecified atom stereocenters. The number of piperazine rings is 1. The molecule has 0 spiro atoms. The molecule has 2 N–H and O–H groups in total. The molecular weight excluding hydrogens is 254 g/mol. The third-order valence-electron chi connectivity index (χ3n) is 3.49. The summed E-state index contributed by atoms with van der Waals surface area (Å²) in [6.45, 7) is 10.0. The van der Waals surface area contributed by atoms with Gasteiger partial charge < -0.3 is 15.1 Å². The molecule has 2 heterocycles. The van der Waals surface area contributed by atoms with E-state index in [2.05, 4.69) is 14.8 Å². The van der Waals surface area contributed by atoms with Crippen LogP contribution in [0.2, 0.25) is 0 Å². The highest BCUT2D eigenvalue weighted by Crippen LogP contribution is 2.18. The van der Waals surface area contributed by atoms with Crippen molar-refractivity contribution >= 4 is 5.82 Å². The Kier molecular flexibility index (Phi) is 4.62. The summed E-state index contributed by atoms with van der Waals surface area (Å²) in [6.07, 6.45) is 0. The lowest BCUT2D eigenvalue weighted by Gasteiger charge is -2.38. The number of aliphatic hydroxyl groups excluding tert-OH is 1. The van der Waals surface area contributed by atoms with Gasteiger partial charge >= 0.3 is 0 Å². The number of aliphatic hydroxyl groups is 2. The molecule has 1 aromatic heterocycles. The summed E-state index contributed by atoms with van der Waals surface area (Å²) in [7, 11) is 0. The van der Waals surface area contributed by atoms with Crippen molar-refractivity contribution in [2.75, 3.05) is 37.6 Å². The maximum Gasteiger partial charge on any atom is 0.129 e. The van der Waals surface area contributed by atoms with Crippen molar-refractivity contribution in [3.63, 3.8) is 0 Å². The van der Waals surface area contributed by atoms with Crippen LogP contribution in [0, 0.1) is 6.92 Å². The molecule has 0 bridgehead atoms. The van der Waals surface area contributed by atoms with Gasteiger partial charge in [0, 0.05) is 38.4 Å². The second-order valence-corrected chi connectivity index (χ2v) is 6.21. The van der Waals surface area contributed by atoms with Crippen molar-refractivity contribution in [1.82, 2.24) is 9.88 Å². The number of aromatic nitrogens is 1. The van der Waals surface area contributed by atoms with Gasteiger partial charge in [-0.15, -0.1) is 0 Å². The molecule has 1 aromatic rings. The largest absolute Gasteiger partial charge is 0.392 e. The Bertz CT molecular complexity index is 449. The molecule has 0 atom stereocenters. The van der Waals surface area contributed by atoms with Crippen molar-refractivity contribution < 1.29 is 10.2 Å². The normalized spacial score (nSPS) is 17.6. The van der Waals surface area contributed by atoms with Crippen molar-refractivity contribution in [2.45, 2.75) is 33.0 Å². The molecule has 1 fully saturated rings. The summed E-state index contributed by atoms with van der Waals surface area (Å²) in [6, 6.07) is 3.87. The number of hydrogen-bond acceptors (Lipinski definition) is 5. The van der Waals surface area contributed by atoms with E-state index in [1.54, 1.807) is 0 Å². The average molecular weight is 279 g/mol. The number of nitrogens with zero attached hydrogens (tertiary/aromatic N) is 3. The molecule has 5 nitrogen and oxygen atoms in total. The molecule has 1 aliphatic rings. The standard InChI is InChI=1S/C15H25N3O2/c1-12-8-13(10-19)9-14(16-12)18-6-4-17(5-7-18)11-15(2,3)20/h8-9,19-20H,4-7,10-11H2,1-3H3. The maximum absolute atomic E-state index is 9.86. The molecule has 0 radical (unpaired) electrons. The van der Waals surface area contributed by atoms with Gasteiger partial charge in [-0.2, -0.15) is 0 Å². The highest BCUT2D eigenvalue weighted by molar-refractivity contribution is 5.43. The van der Waals surface area contributed by atoms with Gasteiger partial charge in [-0.05, 0) is 38.5 Å². The highest BCUT2D eigenvalue weighted by atomic mass is 16.3. The Labute approximate surface area is 120 Å². The zero-order valence-corrected chi connectivity index (χ0v) is 12.6. The van der Waals surface area contributed by atoms with Crippen LogP contribution < -0.4 is 4.90 Å². The number of pyridine rings is 1. The molecule has 0 aliphatic carbocycles. The Morgan fingerprint density at radius 3 is 2.40 bits per heavy atom. The summed E-state index contributed by atoms with van der Waals surface area (Å²) in [5.74, 6) is 0.942. The van der Waals surface area contributed by atoms with Crippen LogP contribution in [0.1, 0.15) is 25.1 Å². The third kappa shape index (κ3) is 4.16. The van der Waals surface area contributed by atoms with E-state index in [1.807, 2.05) is 32.9 Å². The lowest BCUT2D eigenvalue weighted by atomic mass is 10.1. The second kappa shape index (κ2) is 6.08. The zero-order valence-electron chi connectivity index (χ0n) is 12.6. The molecule has 5 heteroatoms. The van der Waals surface area contributed by atoms with Crippen LogP contribution in [0.3, 0.4) is 0 Å². The lowest BCUT2D eigenvalue weighted by molar-refractivity contribution is 0.0344. The van der Waals surface area contributed by atoms with E-state index >= 15 is 0 Å². The van der Waals surface area contributed by atoms with E-state index in [0.717, 1.165) is 43.3 Å². The van der Waals surface area contributed by atoms with Crippen LogP contribution in [-0.4, -0.2) is 58.4 Å². The van der Waals surface area contributed by atoms with Crippen molar-refractivity contribution in [1.29, 1.82) is 0 Å². The molecule has 1 aliphatic heterocycles. The molecule has 20 heavy (non-hydrogen) atoms. The van der Waals surface area contributed by atoms with Crippen LogP contribution in [0.4, 0.5) is 5.82 Å².